The molecule has 0 bridgehead atoms. The van der Waals surface area contributed by atoms with E-state index >= 15 is 0 Å². The first kappa shape index (κ1) is 20.5. The minimum atomic E-state index is -0.0549. The summed E-state index contributed by atoms with van der Waals surface area (Å²) in [7, 11) is 4.11. The normalized spacial score (nSPS) is 18.8. The van der Waals surface area contributed by atoms with E-state index in [1.165, 1.54) is 0 Å². The summed E-state index contributed by atoms with van der Waals surface area (Å²) in [5.74, 6) is 0.851. The quantitative estimate of drug-likeness (QED) is 0.600. The van der Waals surface area contributed by atoms with E-state index in [-0.39, 0.29) is 11.9 Å². The molecule has 156 valence electrons. The number of aromatic nitrogens is 1. The molecule has 1 aliphatic carbocycles. The highest BCUT2D eigenvalue weighted by atomic mass is 35.5. The smallest absolute Gasteiger partial charge is 0.251 e. The molecule has 0 atom stereocenters. The molecule has 3 aromatic rings. The van der Waals surface area contributed by atoms with Crippen molar-refractivity contribution in [2.45, 2.75) is 37.8 Å². The maximum Gasteiger partial charge on any atom is 0.251 e. The molecule has 0 saturated heterocycles. The van der Waals surface area contributed by atoms with E-state index in [4.69, 9.17) is 16.6 Å². The maximum absolute atomic E-state index is 12.5. The van der Waals surface area contributed by atoms with Crippen molar-refractivity contribution in [3.8, 4) is 0 Å². The van der Waals surface area contributed by atoms with Gasteiger partial charge in [0.25, 0.3) is 5.91 Å². The molecule has 1 amide bonds. The maximum atomic E-state index is 12.5. The first-order valence-electron chi connectivity index (χ1n) is 10.4. The van der Waals surface area contributed by atoms with Crippen molar-refractivity contribution in [2.24, 2.45) is 0 Å². The van der Waals surface area contributed by atoms with E-state index in [2.05, 4.69) is 47.8 Å². The van der Waals surface area contributed by atoms with Crippen LogP contribution >= 0.6 is 11.6 Å². The molecule has 5 nitrogen and oxygen atoms in total. The summed E-state index contributed by atoms with van der Waals surface area (Å²) in [6.07, 6.45) is 3.87. The van der Waals surface area contributed by atoms with Crippen molar-refractivity contribution in [2.75, 3.05) is 24.3 Å². The van der Waals surface area contributed by atoms with Gasteiger partial charge in [-0.1, -0.05) is 35.9 Å². The number of carbonyl (C=O) groups excluding carboxylic acids is 1. The van der Waals surface area contributed by atoms with Crippen molar-refractivity contribution in [1.29, 1.82) is 0 Å². The minimum Gasteiger partial charge on any atom is -0.377 e. The highest BCUT2D eigenvalue weighted by molar-refractivity contribution is 6.30. The third kappa shape index (κ3) is 4.68. The number of nitrogens with zero attached hydrogens (tertiary/aromatic N) is 2. The lowest BCUT2D eigenvalue weighted by atomic mass is 9.91. The van der Waals surface area contributed by atoms with Crippen LogP contribution in [0.15, 0.2) is 54.6 Å². The van der Waals surface area contributed by atoms with Gasteiger partial charge in [-0.2, -0.15) is 0 Å². The number of rotatable bonds is 5. The molecule has 0 aliphatic heterocycles. The van der Waals surface area contributed by atoms with Gasteiger partial charge in [-0.05, 0) is 49.9 Å². The van der Waals surface area contributed by atoms with Gasteiger partial charge in [-0.15, -0.1) is 0 Å². The summed E-state index contributed by atoms with van der Waals surface area (Å²) in [4.78, 5) is 19.4. The Labute approximate surface area is 182 Å². The number of halogens is 1. The summed E-state index contributed by atoms with van der Waals surface area (Å²) >= 11 is 6.00. The third-order valence-corrected chi connectivity index (χ3v) is 5.91. The summed E-state index contributed by atoms with van der Waals surface area (Å²) in [6.45, 7) is 0. The van der Waals surface area contributed by atoms with Crippen molar-refractivity contribution < 1.29 is 4.79 Å². The molecule has 1 fully saturated rings. The van der Waals surface area contributed by atoms with Crippen molar-refractivity contribution in [3.05, 3.63) is 65.2 Å². The van der Waals surface area contributed by atoms with Crippen LogP contribution in [0.25, 0.3) is 10.9 Å². The van der Waals surface area contributed by atoms with E-state index in [9.17, 15) is 4.79 Å². The molecule has 4 rings (SSSR count). The summed E-state index contributed by atoms with van der Waals surface area (Å²) in [5.41, 5.74) is 2.76. The van der Waals surface area contributed by atoms with Gasteiger partial charge >= 0.3 is 0 Å². The number of benzene rings is 2. The zero-order valence-corrected chi connectivity index (χ0v) is 18.1. The lowest BCUT2D eigenvalue weighted by Gasteiger charge is -2.30. The number of fused-ring (bicyclic) bond motifs is 1. The Morgan fingerprint density at radius 1 is 1.00 bits per heavy atom. The molecule has 1 heterocycles. The van der Waals surface area contributed by atoms with Crippen molar-refractivity contribution >= 4 is 39.9 Å². The molecule has 1 saturated carbocycles. The Morgan fingerprint density at radius 3 is 2.47 bits per heavy atom. The Hall–Kier alpha value is -2.79. The fraction of sp³-hybridized carbons (Fsp3) is 0.333. The molecule has 2 aromatic carbocycles. The summed E-state index contributed by atoms with van der Waals surface area (Å²) in [5, 5.41) is 8.49. The van der Waals surface area contributed by atoms with Crippen LogP contribution in [0.2, 0.25) is 5.02 Å². The molecular weight excluding hydrogens is 396 g/mol. The molecule has 0 unspecified atom stereocenters. The fourth-order valence-corrected chi connectivity index (χ4v) is 4.28. The van der Waals surface area contributed by atoms with Crippen molar-refractivity contribution in [3.63, 3.8) is 0 Å². The molecule has 2 N–H and O–H groups in total. The van der Waals surface area contributed by atoms with Crippen molar-refractivity contribution in [1.82, 2.24) is 10.3 Å². The first-order valence-corrected chi connectivity index (χ1v) is 10.8. The Bertz CT molecular complexity index is 1040. The van der Waals surface area contributed by atoms with Crippen LogP contribution in [0, 0.1) is 0 Å². The lowest BCUT2D eigenvalue weighted by molar-refractivity contribution is 0.0926. The second-order valence-electron chi connectivity index (χ2n) is 8.11. The number of hydrogen-bond acceptors (Lipinski definition) is 4. The molecule has 0 spiro atoms. The Kier molecular flexibility index (Phi) is 6.09. The summed E-state index contributed by atoms with van der Waals surface area (Å²) in [6, 6.07) is 18.0. The van der Waals surface area contributed by atoms with Gasteiger partial charge in [0.1, 0.15) is 5.82 Å². The Balaban J connectivity index is 1.37. The fourth-order valence-electron chi connectivity index (χ4n) is 4.09. The predicted octanol–water partition coefficient (Wildman–Crippen LogP) is 5.11. The number of pyridine rings is 1. The van der Waals surface area contributed by atoms with E-state index in [1.807, 2.05) is 12.1 Å². The van der Waals surface area contributed by atoms with Gasteiger partial charge < -0.3 is 15.5 Å². The number of hydrogen-bond donors (Lipinski definition) is 2. The second-order valence-corrected chi connectivity index (χ2v) is 8.55. The molecule has 30 heavy (non-hydrogen) atoms. The topological polar surface area (TPSA) is 57.3 Å². The van der Waals surface area contributed by atoms with Gasteiger partial charge in [-0.3, -0.25) is 4.79 Å². The van der Waals surface area contributed by atoms with Gasteiger partial charge in [0.15, 0.2) is 0 Å². The molecule has 6 heteroatoms. The number of anilines is 2. The van der Waals surface area contributed by atoms with E-state index in [1.54, 1.807) is 24.3 Å². The standard InChI is InChI=1S/C24H27ClN4O/c1-29(2)22-15-23(28-21-9-4-3-8-20(21)22)26-18-10-12-19(13-11-18)27-24(30)16-6-5-7-17(25)14-16/h3-9,14-15,18-19H,10-13H2,1-2H3,(H,26,28)(H,27,30)/t18-,19+. The van der Waals surface area contributed by atoms with Crippen LogP contribution < -0.4 is 15.5 Å². The van der Waals surface area contributed by atoms with Crippen LogP contribution in [-0.2, 0) is 0 Å². The number of carbonyl (C=O) groups is 1. The van der Waals surface area contributed by atoms with Gasteiger partial charge in [-0.25, -0.2) is 4.98 Å². The third-order valence-electron chi connectivity index (χ3n) is 5.68. The molecule has 1 aliphatic rings. The van der Waals surface area contributed by atoms with Gasteiger partial charge in [0.2, 0.25) is 0 Å². The minimum absolute atomic E-state index is 0.0549. The highest BCUT2D eigenvalue weighted by Crippen LogP contribution is 2.29. The van der Waals surface area contributed by atoms with Crippen LogP contribution in [0.5, 0.6) is 0 Å². The van der Waals surface area contributed by atoms with E-state index in [0.717, 1.165) is 48.1 Å². The average molecular weight is 423 g/mol. The molecular formula is C24H27ClN4O. The average Bonchev–Trinajstić information content (AvgIpc) is 2.74. The van der Waals surface area contributed by atoms with Crippen LogP contribution in [0.3, 0.4) is 0 Å². The SMILES string of the molecule is CN(C)c1cc(N[C@H]2CC[C@@H](NC(=O)c3cccc(Cl)c3)CC2)nc2ccccc12. The zero-order chi connectivity index (χ0) is 21.1. The Morgan fingerprint density at radius 2 is 1.73 bits per heavy atom. The van der Waals surface area contributed by atoms with Crippen LogP contribution in [0.1, 0.15) is 36.0 Å². The van der Waals surface area contributed by atoms with Crippen LogP contribution in [0.4, 0.5) is 11.5 Å². The van der Waals surface area contributed by atoms with Gasteiger partial charge in [0, 0.05) is 53.9 Å². The number of amides is 1. The molecule has 1 aromatic heterocycles. The second kappa shape index (κ2) is 8.92. The van der Waals surface area contributed by atoms with Gasteiger partial charge in [0.05, 0.1) is 5.52 Å². The first-order chi connectivity index (χ1) is 14.5. The molecule has 0 radical (unpaired) electrons. The number of nitrogens with one attached hydrogen (secondary N) is 2. The monoisotopic (exact) mass is 422 g/mol. The highest BCUT2D eigenvalue weighted by Gasteiger charge is 2.23. The largest absolute Gasteiger partial charge is 0.377 e. The van der Waals surface area contributed by atoms with E-state index < -0.39 is 0 Å². The predicted molar refractivity (Wildman–Crippen MR) is 125 cm³/mol. The van der Waals surface area contributed by atoms with Crippen LogP contribution in [-0.4, -0.2) is 37.1 Å². The summed E-state index contributed by atoms with van der Waals surface area (Å²) < 4.78 is 0. The zero-order valence-electron chi connectivity index (χ0n) is 17.4. The van der Waals surface area contributed by atoms with E-state index in [0.29, 0.717) is 16.6 Å². The lowest BCUT2D eigenvalue weighted by Crippen LogP contribution is -2.40. The number of para-hydroxylation sites is 1.